The van der Waals surface area contributed by atoms with Gasteiger partial charge in [0.15, 0.2) is 0 Å². The summed E-state index contributed by atoms with van der Waals surface area (Å²) in [7, 11) is -2.27. The Balaban J connectivity index is 2.72. The summed E-state index contributed by atoms with van der Waals surface area (Å²) in [4.78, 5) is 11.0. The van der Waals surface area contributed by atoms with Crippen molar-refractivity contribution in [2.45, 2.75) is 50.6 Å². The lowest BCUT2D eigenvalue weighted by molar-refractivity contribution is -0.138. The molecule has 1 atom stereocenters. The standard InChI is InChI=1S/C12H22N2O4S/c1-3-7-11(12(15)16)13-19(17,18)14(2)10-8-5-4-6-9-10/h3,10-11,13H,1,4-9H2,2H3,(H,15,16). The van der Waals surface area contributed by atoms with Crippen LogP contribution in [0.2, 0.25) is 0 Å². The van der Waals surface area contributed by atoms with Gasteiger partial charge in [-0.25, -0.2) is 0 Å². The highest BCUT2D eigenvalue weighted by atomic mass is 32.2. The Morgan fingerprint density at radius 2 is 2.05 bits per heavy atom. The molecule has 0 aromatic carbocycles. The molecule has 1 fully saturated rings. The summed E-state index contributed by atoms with van der Waals surface area (Å²) in [6.07, 6.45) is 6.27. The first-order valence-corrected chi connectivity index (χ1v) is 7.91. The molecule has 0 aromatic rings. The summed E-state index contributed by atoms with van der Waals surface area (Å²) in [5, 5.41) is 8.97. The molecule has 0 amide bonds. The van der Waals surface area contributed by atoms with Crippen LogP contribution in [0.1, 0.15) is 38.5 Å². The van der Waals surface area contributed by atoms with Gasteiger partial charge < -0.3 is 5.11 Å². The Kier molecular flexibility index (Phi) is 5.96. The molecule has 1 unspecified atom stereocenters. The fourth-order valence-electron chi connectivity index (χ4n) is 2.27. The molecule has 2 N–H and O–H groups in total. The molecule has 1 aliphatic rings. The third kappa shape index (κ3) is 4.59. The normalized spacial score (nSPS) is 19.3. The lowest BCUT2D eigenvalue weighted by Gasteiger charge is -2.31. The van der Waals surface area contributed by atoms with Gasteiger partial charge >= 0.3 is 5.97 Å². The molecular weight excluding hydrogens is 268 g/mol. The van der Waals surface area contributed by atoms with Gasteiger partial charge in [0.25, 0.3) is 10.2 Å². The molecule has 0 saturated heterocycles. The van der Waals surface area contributed by atoms with Gasteiger partial charge in [-0.05, 0) is 19.3 Å². The van der Waals surface area contributed by atoms with Gasteiger partial charge in [0.05, 0.1) is 0 Å². The fraction of sp³-hybridized carbons (Fsp3) is 0.750. The molecule has 1 rings (SSSR count). The molecule has 19 heavy (non-hydrogen) atoms. The van der Waals surface area contributed by atoms with Crippen molar-refractivity contribution in [2.24, 2.45) is 0 Å². The monoisotopic (exact) mass is 290 g/mol. The minimum atomic E-state index is -3.77. The second-order valence-electron chi connectivity index (χ2n) is 4.85. The molecular formula is C12H22N2O4S. The second kappa shape index (κ2) is 7.02. The SMILES string of the molecule is C=CCC(NS(=O)(=O)N(C)C1CCCCC1)C(=O)O. The first-order chi connectivity index (χ1) is 8.88. The highest BCUT2D eigenvalue weighted by Crippen LogP contribution is 2.23. The number of carbonyl (C=O) groups is 1. The number of carboxylic acid groups (broad SMARTS) is 1. The van der Waals surface area contributed by atoms with Crippen LogP contribution in [-0.2, 0) is 15.0 Å². The Morgan fingerprint density at radius 3 is 2.53 bits per heavy atom. The van der Waals surface area contributed by atoms with E-state index >= 15 is 0 Å². The van der Waals surface area contributed by atoms with E-state index in [0.717, 1.165) is 32.1 Å². The fourth-order valence-corrected chi connectivity index (χ4v) is 3.60. The number of hydrogen-bond acceptors (Lipinski definition) is 3. The molecule has 6 nitrogen and oxygen atoms in total. The predicted octanol–water partition coefficient (Wildman–Crippen LogP) is 1.11. The third-order valence-electron chi connectivity index (χ3n) is 3.46. The summed E-state index contributed by atoms with van der Waals surface area (Å²) >= 11 is 0. The number of nitrogens with one attached hydrogen (secondary N) is 1. The Hall–Kier alpha value is -0.920. The van der Waals surface area contributed by atoms with E-state index < -0.39 is 22.2 Å². The van der Waals surface area contributed by atoms with Gasteiger partial charge in [-0.3, -0.25) is 4.79 Å². The van der Waals surface area contributed by atoms with Crippen molar-refractivity contribution in [3.8, 4) is 0 Å². The maximum absolute atomic E-state index is 12.1. The van der Waals surface area contributed by atoms with E-state index in [9.17, 15) is 13.2 Å². The van der Waals surface area contributed by atoms with Crippen LogP contribution in [0.3, 0.4) is 0 Å². The van der Waals surface area contributed by atoms with Crippen LogP contribution in [0.25, 0.3) is 0 Å². The molecule has 0 heterocycles. The lowest BCUT2D eigenvalue weighted by Crippen LogP contribution is -2.50. The molecule has 0 radical (unpaired) electrons. The summed E-state index contributed by atoms with van der Waals surface area (Å²) in [5.41, 5.74) is 0. The van der Waals surface area contributed by atoms with E-state index in [1.165, 1.54) is 17.4 Å². The number of nitrogens with zero attached hydrogens (tertiary/aromatic N) is 1. The molecule has 1 aliphatic carbocycles. The number of aliphatic carboxylic acids is 1. The second-order valence-corrected chi connectivity index (χ2v) is 6.61. The zero-order valence-electron chi connectivity index (χ0n) is 11.2. The first-order valence-electron chi connectivity index (χ1n) is 6.47. The van der Waals surface area contributed by atoms with Crippen molar-refractivity contribution in [2.75, 3.05) is 7.05 Å². The van der Waals surface area contributed by atoms with Crippen LogP contribution in [0.15, 0.2) is 12.7 Å². The van der Waals surface area contributed by atoms with Crippen molar-refractivity contribution in [1.82, 2.24) is 9.03 Å². The Labute approximate surface area is 114 Å². The van der Waals surface area contributed by atoms with Gasteiger partial charge in [0.1, 0.15) is 6.04 Å². The van der Waals surface area contributed by atoms with Crippen molar-refractivity contribution < 1.29 is 18.3 Å². The quantitative estimate of drug-likeness (QED) is 0.688. The van der Waals surface area contributed by atoms with Gasteiger partial charge in [-0.2, -0.15) is 17.4 Å². The van der Waals surface area contributed by atoms with Crippen LogP contribution in [0.4, 0.5) is 0 Å². The van der Waals surface area contributed by atoms with E-state index in [2.05, 4.69) is 11.3 Å². The van der Waals surface area contributed by atoms with E-state index in [4.69, 9.17) is 5.11 Å². The number of carboxylic acids is 1. The molecule has 0 bridgehead atoms. The molecule has 1 saturated carbocycles. The lowest BCUT2D eigenvalue weighted by atomic mass is 9.96. The van der Waals surface area contributed by atoms with Crippen molar-refractivity contribution in [1.29, 1.82) is 0 Å². The predicted molar refractivity (Wildman–Crippen MR) is 72.9 cm³/mol. The average Bonchev–Trinajstić information content (AvgIpc) is 2.38. The van der Waals surface area contributed by atoms with E-state index in [1.807, 2.05) is 0 Å². The van der Waals surface area contributed by atoms with E-state index in [-0.39, 0.29) is 12.5 Å². The smallest absolute Gasteiger partial charge is 0.322 e. The van der Waals surface area contributed by atoms with Crippen LogP contribution in [-0.4, -0.2) is 42.9 Å². The van der Waals surface area contributed by atoms with Gasteiger partial charge in [0.2, 0.25) is 0 Å². The topological polar surface area (TPSA) is 86.7 Å². The van der Waals surface area contributed by atoms with Gasteiger partial charge in [0, 0.05) is 13.1 Å². The third-order valence-corrected chi connectivity index (χ3v) is 5.10. The highest BCUT2D eigenvalue weighted by molar-refractivity contribution is 7.87. The zero-order chi connectivity index (χ0) is 14.5. The summed E-state index contributed by atoms with van der Waals surface area (Å²) < 4.78 is 27.8. The van der Waals surface area contributed by atoms with Crippen LogP contribution in [0, 0.1) is 0 Å². The van der Waals surface area contributed by atoms with Gasteiger partial charge in [-0.15, -0.1) is 6.58 Å². The first kappa shape index (κ1) is 16.1. The van der Waals surface area contributed by atoms with Gasteiger partial charge in [-0.1, -0.05) is 25.3 Å². The van der Waals surface area contributed by atoms with E-state index in [0.29, 0.717) is 0 Å². The molecule has 0 aromatic heterocycles. The molecule has 110 valence electrons. The average molecular weight is 290 g/mol. The Bertz CT molecular complexity index is 415. The van der Waals surface area contributed by atoms with Crippen LogP contribution >= 0.6 is 0 Å². The van der Waals surface area contributed by atoms with Crippen LogP contribution < -0.4 is 4.72 Å². The maximum Gasteiger partial charge on any atom is 0.322 e. The summed E-state index contributed by atoms with van der Waals surface area (Å²) in [5.74, 6) is -1.19. The highest BCUT2D eigenvalue weighted by Gasteiger charge is 2.31. The van der Waals surface area contributed by atoms with Crippen molar-refractivity contribution >= 4 is 16.2 Å². The van der Waals surface area contributed by atoms with E-state index in [1.54, 1.807) is 0 Å². The zero-order valence-corrected chi connectivity index (χ0v) is 12.0. The Morgan fingerprint density at radius 1 is 1.47 bits per heavy atom. The minimum Gasteiger partial charge on any atom is -0.480 e. The number of rotatable bonds is 7. The van der Waals surface area contributed by atoms with Crippen molar-refractivity contribution in [3.63, 3.8) is 0 Å². The number of hydrogen-bond donors (Lipinski definition) is 2. The van der Waals surface area contributed by atoms with Crippen molar-refractivity contribution in [3.05, 3.63) is 12.7 Å². The minimum absolute atomic E-state index is 0.0376. The summed E-state index contributed by atoms with van der Waals surface area (Å²) in [6.45, 7) is 3.44. The maximum atomic E-state index is 12.1. The molecule has 7 heteroatoms. The molecule has 0 spiro atoms. The van der Waals surface area contributed by atoms with Crippen LogP contribution in [0.5, 0.6) is 0 Å². The summed E-state index contributed by atoms with van der Waals surface area (Å²) in [6, 6.07) is -1.20. The largest absolute Gasteiger partial charge is 0.480 e. The molecule has 0 aliphatic heterocycles.